The number of thioether (sulfide) groups is 1. The van der Waals surface area contributed by atoms with Crippen LogP contribution in [0.5, 0.6) is 0 Å². The van der Waals surface area contributed by atoms with Crippen molar-refractivity contribution in [2.45, 2.75) is 13.0 Å². The van der Waals surface area contributed by atoms with Crippen LogP contribution >= 0.6 is 11.8 Å². The van der Waals surface area contributed by atoms with Crippen molar-refractivity contribution < 1.29 is 0 Å². The molecule has 4 heteroatoms. The minimum absolute atomic E-state index is 0.343. The van der Waals surface area contributed by atoms with Gasteiger partial charge < -0.3 is 4.90 Å². The van der Waals surface area contributed by atoms with Gasteiger partial charge >= 0.3 is 0 Å². The van der Waals surface area contributed by atoms with Crippen molar-refractivity contribution in [3.8, 4) is 6.07 Å². The molecule has 19 heavy (non-hydrogen) atoms. The molecular weight excluding hydrogens is 254 g/mol. The first kappa shape index (κ1) is 13.7. The van der Waals surface area contributed by atoms with E-state index in [-0.39, 0.29) is 0 Å². The van der Waals surface area contributed by atoms with E-state index in [1.54, 1.807) is 11.8 Å². The number of pyridine rings is 1. The van der Waals surface area contributed by atoms with Gasteiger partial charge in [-0.1, -0.05) is 18.2 Å². The molecule has 1 unspecified atom stereocenters. The Balaban J connectivity index is 2.49. The standard InChI is InChI=1S/C15H17N3S/c1-11(10-19-3)18(2)15-13(9-16)8-12-6-4-5-7-14(12)17-15/h4-8,11H,10H2,1-3H3. The normalized spacial score (nSPS) is 12.1. The maximum atomic E-state index is 9.32. The molecule has 0 amide bonds. The Morgan fingerprint density at radius 3 is 2.84 bits per heavy atom. The first-order valence-corrected chi connectivity index (χ1v) is 7.58. The lowest BCUT2D eigenvalue weighted by Crippen LogP contribution is -2.32. The van der Waals surface area contributed by atoms with Gasteiger partial charge in [0, 0.05) is 24.2 Å². The van der Waals surface area contributed by atoms with Gasteiger partial charge in [-0.2, -0.15) is 17.0 Å². The maximum Gasteiger partial charge on any atom is 0.147 e. The number of hydrogen-bond acceptors (Lipinski definition) is 4. The molecule has 2 aromatic rings. The highest BCUT2D eigenvalue weighted by atomic mass is 32.2. The van der Waals surface area contributed by atoms with E-state index in [9.17, 15) is 5.26 Å². The van der Waals surface area contributed by atoms with E-state index in [2.05, 4.69) is 29.1 Å². The van der Waals surface area contributed by atoms with Crippen molar-refractivity contribution in [2.75, 3.05) is 24.0 Å². The molecule has 1 aromatic carbocycles. The molecule has 3 nitrogen and oxygen atoms in total. The zero-order chi connectivity index (χ0) is 13.8. The smallest absolute Gasteiger partial charge is 0.147 e. The molecule has 0 aliphatic heterocycles. The summed E-state index contributed by atoms with van der Waals surface area (Å²) >= 11 is 1.80. The molecule has 0 fully saturated rings. The number of anilines is 1. The van der Waals surface area contributed by atoms with Gasteiger partial charge in [-0.25, -0.2) is 4.98 Å². The maximum absolute atomic E-state index is 9.32. The molecule has 0 radical (unpaired) electrons. The van der Waals surface area contributed by atoms with Crippen LogP contribution in [0.1, 0.15) is 12.5 Å². The highest BCUT2D eigenvalue weighted by Crippen LogP contribution is 2.24. The fourth-order valence-corrected chi connectivity index (χ4v) is 2.72. The van der Waals surface area contributed by atoms with Crippen LogP contribution in [0.25, 0.3) is 10.9 Å². The summed E-state index contributed by atoms with van der Waals surface area (Å²) in [6.45, 7) is 2.15. The Labute approximate surface area is 118 Å². The van der Waals surface area contributed by atoms with Crippen molar-refractivity contribution in [3.05, 3.63) is 35.9 Å². The summed E-state index contributed by atoms with van der Waals surface area (Å²) < 4.78 is 0. The van der Waals surface area contributed by atoms with E-state index in [4.69, 9.17) is 0 Å². The van der Waals surface area contributed by atoms with Crippen molar-refractivity contribution in [1.82, 2.24) is 4.98 Å². The molecule has 0 aliphatic rings. The van der Waals surface area contributed by atoms with Gasteiger partial charge in [-0.05, 0) is 25.3 Å². The van der Waals surface area contributed by atoms with Crippen molar-refractivity contribution in [3.63, 3.8) is 0 Å². The molecule has 0 saturated heterocycles. The van der Waals surface area contributed by atoms with Crippen LogP contribution in [0.4, 0.5) is 5.82 Å². The summed E-state index contributed by atoms with van der Waals surface area (Å²) in [5.74, 6) is 1.78. The van der Waals surface area contributed by atoms with E-state index >= 15 is 0 Å². The second-order valence-corrected chi connectivity index (χ2v) is 5.49. The molecule has 0 saturated carbocycles. The fourth-order valence-electron chi connectivity index (χ4n) is 2.02. The van der Waals surface area contributed by atoms with E-state index in [1.165, 1.54) is 0 Å². The van der Waals surface area contributed by atoms with Crippen molar-refractivity contribution >= 4 is 28.5 Å². The Hall–Kier alpha value is -1.73. The minimum Gasteiger partial charge on any atom is -0.355 e. The molecule has 98 valence electrons. The van der Waals surface area contributed by atoms with E-state index in [0.717, 1.165) is 22.5 Å². The summed E-state index contributed by atoms with van der Waals surface area (Å²) in [5.41, 5.74) is 1.56. The predicted molar refractivity (Wildman–Crippen MR) is 82.7 cm³/mol. The Morgan fingerprint density at radius 2 is 2.16 bits per heavy atom. The van der Waals surface area contributed by atoms with E-state index in [0.29, 0.717) is 11.6 Å². The Kier molecular flexibility index (Phi) is 4.28. The van der Waals surface area contributed by atoms with Crippen molar-refractivity contribution in [2.24, 2.45) is 0 Å². The molecule has 1 heterocycles. The lowest BCUT2D eigenvalue weighted by molar-refractivity contribution is 0.754. The highest BCUT2D eigenvalue weighted by molar-refractivity contribution is 7.98. The van der Waals surface area contributed by atoms with Crippen LogP contribution in [0.3, 0.4) is 0 Å². The lowest BCUT2D eigenvalue weighted by Gasteiger charge is -2.26. The van der Waals surface area contributed by atoms with Crippen LogP contribution in [-0.2, 0) is 0 Å². The molecule has 0 bridgehead atoms. The second kappa shape index (κ2) is 5.94. The third-order valence-corrected chi connectivity index (χ3v) is 4.04. The Morgan fingerprint density at radius 1 is 1.42 bits per heavy atom. The predicted octanol–water partition coefficient (Wildman–Crippen LogP) is 3.29. The van der Waals surface area contributed by atoms with Crippen LogP contribution < -0.4 is 4.90 Å². The third kappa shape index (κ3) is 2.82. The average molecular weight is 271 g/mol. The van der Waals surface area contributed by atoms with Gasteiger partial charge in [0.25, 0.3) is 0 Å². The quantitative estimate of drug-likeness (QED) is 0.855. The molecule has 1 aromatic heterocycles. The van der Waals surface area contributed by atoms with Crippen LogP contribution in [0, 0.1) is 11.3 Å². The number of aromatic nitrogens is 1. The van der Waals surface area contributed by atoms with Crippen LogP contribution in [0.2, 0.25) is 0 Å². The van der Waals surface area contributed by atoms with Crippen LogP contribution in [0.15, 0.2) is 30.3 Å². The number of hydrogen-bond donors (Lipinski definition) is 0. The second-order valence-electron chi connectivity index (χ2n) is 4.58. The summed E-state index contributed by atoms with van der Waals surface area (Å²) in [6, 6.07) is 12.4. The lowest BCUT2D eigenvalue weighted by atomic mass is 10.1. The number of rotatable bonds is 4. The first-order valence-electron chi connectivity index (χ1n) is 6.19. The summed E-state index contributed by atoms with van der Waals surface area (Å²) in [5, 5.41) is 10.3. The van der Waals surface area contributed by atoms with Crippen molar-refractivity contribution in [1.29, 1.82) is 5.26 Å². The summed E-state index contributed by atoms with van der Waals surface area (Å²) in [4.78, 5) is 6.73. The Bertz CT molecular complexity index is 618. The SMILES string of the molecule is CSCC(C)N(C)c1nc2ccccc2cc1C#N. The zero-order valence-electron chi connectivity index (χ0n) is 11.4. The molecular formula is C15H17N3S. The monoisotopic (exact) mass is 271 g/mol. The number of nitriles is 1. The van der Waals surface area contributed by atoms with Gasteiger partial charge in [0.1, 0.15) is 11.9 Å². The third-order valence-electron chi connectivity index (χ3n) is 3.23. The van der Waals surface area contributed by atoms with E-state index in [1.807, 2.05) is 37.4 Å². The molecule has 0 spiro atoms. The van der Waals surface area contributed by atoms with Gasteiger partial charge in [-0.15, -0.1) is 0 Å². The number of fused-ring (bicyclic) bond motifs is 1. The molecule has 1 atom stereocenters. The zero-order valence-corrected chi connectivity index (χ0v) is 12.2. The highest BCUT2D eigenvalue weighted by Gasteiger charge is 2.15. The first-order chi connectivity index (χ1) is 9.17. The fraction of sp³-hybridized carbons (Fsp3) is 0.333. The van der Waals surface area contributed by atoms with Gasteiger partial charge in [0.2, 0.25) is 0 Å². The number of nitrogens with zero attached hydrogens (tertiary/aromatic N) is 3. The van der Waals surface area contributed by atoms with Crippen LogP contribution in [-0.4, -0.2) is 30.1 Å². The largest absolute Gasteiger partial charge is 0.355 e. The van der Waals surface area contributed by atoms with Gasteiger partial charge in [0.15, 0.2) is 0 Å². The summed E-state index contributed by atoms with van der Waals surface area (Å²) in [7, 11) is 2.00. The topological polar surface area (TPSA) is 39.9 Å². The number of benzene rings is 1. The average Bonchev–Trinajstić information content (AvgIpc) is 2.45. The van der Waals surface area contributed by atoms with Gasteiger partial charge in [-0.3, -0.25) is 0 Å². The van der Waals surface area contributed by atoms with E-state index < -0.39 is 0 Å². The summed E-state index contributed by atoms with van der Waals surface area (Å²) in [6.07, 6.45) is 2.09. The molecule has 0 N–H and O–H groups in total. The molecule has 2 rings (SSSR count). The van der Waals surface area contributed by atoms with Gasteiger partial charge in [0.05, 0.1) is 11.1 Å². The number of para-hydroxylation sites is 1. The molecule has 0 aliphatic carbocycles. The minimum atomic E-state index is 0.343.